The van der Waals surface area contributed by atoms with E-state index in [2.05, 4.69) is 25.1 Å². The van der Waals surface area contributed by atoms with Crippen LogP contribution in [-0.4, -0.2) is 20.5 Å². The van der Waals surface area contributed by atoms with Crippen molar-refractivity contribution in [3.63, 3.8) is 0 Å². The van der Waals surface area contributed by atoms with Gasteiger partial charge < -0.3 is 0 Å². The average Bonchev–Trinajstić information content (AvgIpc) is 2.75. The zero-order valence-corrected chi connectivity index (χ0v) is 12.9. The van der Waals surface area contributed by atoms with Gasteiger partial charge in [-0.3, -0.25) is 4.18 Å². The van der Waals surface area contributed by atoms with E-state index >= 15 is 0 Å². The second-order valence-corrected chi connectivity index (χ2v) is 7.68. The van der Waals surface area contributed by atoms with E-state index in [1.54, 1.807) is 24.4 Å². The summed E-state index contributed by atoms with van der Waals surface area (Å²) in [5.74, 6) is 0. The predicted molar refractivity (Wildman–Crippen MR) is 74.2 cm³/mol. The number of hydrogen-bond acceptors (Lipinski definition) is 5. The molecule has 0 fully saturated rings. The Labute approximate surface area is 118 Å². The van der Waals surface area contributed by atoms with Gasteiger partial charge in [0.05, 0.1) is 17.1 Å². The van der Waals surface area contributed by atoms with Crippen LogP contribution in [0.25, 0.3) is 10.6 Å². The number of aromatic nitrogens is 1. The van der Waals surface area contributed by atoms with Gasteiger partial charge in [-0.25, -0.2) is 4.98 Å². The molecule has 0 bridgehead atoms. The zero-order chi connectivity index (χ0) is 13.3. The SMILES string of the molecule is COS(=O)(=O)c1ccc(C)cc1-c1ncc(Br)s1. The van der Waals surface area contributed by atoms with Crippen molar-refractivity contribution in [1.82, 2.24) is 4.98 Å². The molecule has 18 heavy (non-hydrogen) atoms. The molecular formula is C11H10BrNO3S2. The molecule has 0 aliphatic heterocycles. The monoisotopic (exact) mass is 347 g/mol. The van der Waals surface area contributed by atoms with Gasteiger partial charge in [-0.2, -0.15) is 8.42 Å². The van der Waals surface area contributed by atoms with Gasteiger partial charge >= 0.3 is 0 Å². The molecule has 0 aliphatic rings. The molecule has 1 aromatic carbocycles. The van der Waals surface area contributed by atoms with Gasteiger partial charge in [0.15, 0.2) is 0 Å². The van der Waals surface area contributed by atoms with Gasteiger partial charge in [0.1, 0.15) is 9.90 Å². The summed E-state index contributed by atoms with van der Waals surface area (Å²) in [5.41, 5.74) is 1.53. The van der Waals surface area contributed by atoms with Crippen molar-refractivity contribution >= 4 is 37.4 Å². The molecule has 0 radical (unpaired) electrons. The number of rotatable bonds is 3. The minimum Gasteiger partial charge on any atom is -0.270 e. The standard InChI is InChI=1S/C11H10BrNO3S2/c1-7-3-4-9(18(14,15)16-2)8(5-7)11-13-6-10(12)17-11/h3-6H,1-2H3. The van der Waals surface area contributed by atoms with Crippen molar-refractivity contribution in [3.05, 3.63) is 33.7 Å². The molecule has 4 nitrogen and oxygen atoms in total. The molecule has 0 atom stereocenters. The highest BCUT2D eigenvalue weighted by molar-refractivity contribution is 9.11. The lowest BCUT2D eigenvalue weighted by atomic mass is 10.1. The summed E-state index contributed by atoms with van der Waals surface area (Å²) >= 11 is 4.69. The molecule has 0 amide bonds. The van der Waals surface area contributed by atoms with Crippen molar-refractivity contribution in [2.75, 3.05) is 7.11 Å². The molecule has 1 aromatic heterocycles. The van der Waals surface area contributed by atoms with Crippen LogP contribution >= 0.6 is 27.3 Å². The van der Waals surface area contributed by atoms with Crippen LogP contribution in [0.15, 0.2) is 33.1 Å². The summed E-state index contributed by atoms with van der Waals surface area (Å²) < 4.78 is 29.1. The van der Waals surface area contributed by atoms with Crippen LogP contribution in [0.3, 0.4) is 0 Å². The lowest BCUT2D eigenvalue weighted by molar-refractivity contribution is 0.398. The maximum atomic E-state index is 11.9. The second kappa shape index (κ2) is 5.08. The summed E-state index contributed by atoms with van der Waals surface area (Å²) in [5, 5.41) is 0.640. The van der Waals surface area contributed by atoms with Crippen molar-refractivity contribution in [2.45, 2.75) is 11.8 Å². The first kappa shape index (κ1) is 13.7. The first-order chi connectivity index (χ1) is 8.44. The van der Waals surface area contributed by atoms with E-state index < -0.39 is 10.1 Å². The van der Waals surface area contributed by atoms with Crippen LogP contribution in [0.4, 0.5) is 0 Å². The zero-order valence-electron chi connectivity index (χ0n) is 9.68. The quantitative estimate of drug-likeness (QED) is 0.800. The summed E-state index contributed by atoms with van der Waals surface area (Å²) in [6.07, 6.45) is 1.64. The molecule has 0 saturated carbocycles. The van der Waals surface area contributed by atoms with Gasteiger partial charge in [0, 0.05) is 5.56 Å². The minimum atomic E-state index is -3.73. The van der Waals surface area contributed by atoms with Gasteiger partial charge in [-0.15, -0.1) is 11.3 Å². The van der Waals surface area contributed by atoms with E-state index in [9.17, 15) is 8.42 Å². The normalized spacial score (nSPS) is 11.7. The van der Waals surface area contributed by atoms with Crippen LogP contribution in [-0.2, 0) is 14.3 Å². The number of nitrogens with zero attached hydrogens (tertiary/aromatic N) is 1. The summed E-state index contributed by atoms with van der Waals surface area (Å²) in [6, 6.07) is 5.06. The Balaban J connectivity index is 2.69. The van der Waals surface area contributed by atoms with Crippen molar-refractivity contribution in [1.29, 1.82) is 0 Å². The van der Waals surface area contributed by atoms with Crippen LogP contribution in [0.2, 0.25) is 0 Å². The molecule has 0 saturated heterocycles. The second-order valence-electron chi connectivity index (χ2n) is 3.59. The first-order valence-corrected chi connectivity index (χ1v) is 7.99. The first-order valence-electron chi connectivity index (χ1n) is 4.97. The fourth-order valence-corrected chi connectivity index (χ4v) is 3.64. The van der Waals surface area contributed by atoms with Gasteiger partial charge in [-0.1, -0.05) is 11.6 Å². The molecule has 0 aliphatic carbocycles. The smallest absolute Gasteiger partial charge is 0.270 e. The fourth-order valence-electron chi connectivity index (χ4n) is 1.50. The lowest BCUT2D eigenvalue weighted by Gasteiger charge is -2.07. The van der Waals surface area contributed by atoms with Crippen molar-refractivity contribution in [2.24, 2.45) is 0 Å². The van der Waals surface area contributed by atoms with Gasteiger partial charge in [0.2, 0.25) is 0 Å². The molecule has 0 N–H and O–H groups in total. The van der Waals surface area contributed by atoms with Gasteiger partial charge in [-0.05, 0) is 35.0 Å². The number of benzene rings is 1. The molecular weight excluding hydrogens is 338 g/mol. The Morgan fingerprint density at radius 1 is 1.39 bits per heavy atom. The van der Waals surface area contributed by atoms with Gasteiger partial charge in [0.25, 0.3) is 10.1 Å². The van der Waals surface area contributed by atoms with E-state index in [-0.39, 0.29) is 4.90 Å². The Bertz CT molecular complexity index is 679. The van der Waals surface area contributed by atoms with Crippen LogP contribution in [0, 0.1) is 6.92 Å². The average molecular weight is 348 g/mol. The number of hydrogen-bond donors (Lipinski definition) is 0. The molecule has 2 aromatic rings. The highest BCUT2D eigenvalue weighted by Crippen LogP contribution is 2.34. The Morgan fingerprint density at radius 2 is 2.11 bits per heavy atom. The van der Waals surface area contributed by atoms with Crippen molar-refractivity contribution < 1.29 is 12.6 Å². The Hall–Kier alpha value is -0.760. The van der Waals surface area contributed by atoms with Crippen LogP contribution in [0.5, 0.6) is 0 Å². The summed E-state index contributed by atoms with van der Waals surface area (Å²) in [6.45, 7) is 1.90. The minimum absolute atomic E-state index is 0.137. The number of aryl methyl sites for hydroxylation is 1. The third-order valence-corrected chi connectivity index (χ3v) is 5.17. The molecule has 2 rings (SSSR count). The van der Waals surface area contributed by atoms with E-state index in [1.165, 1.54) is 11.3 Å². The number of halogens is 1. The van der Waals surface area contributed by atoms with Crippen LogP contribution in [0.1, 0.15) is 5.56 Å². The largest absolute Gasteiger partial charge is 0.297 e. The Kier molecular flexibility index (Phi) is 3.86. The highest BCUT2D eigenvalue weighted by atomic mass is 79.9. The maximum Gasteiger partial charge on any atom is 0.297 e. The highest BCUT2D eigenvalue weighted by Gasteiger charge is 2.20. The maximum absolute atomic E-state index is 11.9. The lowest BCUT2D eigenvalue weighted by Crippen LogP contribution is -2.05. The van der Waals surface area contributed by atoms with E-state index in [0.717, 1.165) is 16.5 Å². The topological polar surface area (TPSA) is 56.3 Å². The van der Waals surface area contributed by atoms with Crippen molar-refractivity contribution in [3.8, 4) is 10.6 Å². The third kappa shape index (κ3) is 2.64. The summed E-state index contributed by atoms with van der Waals surface area (Å²) in [7, 11) is -2.58. The third-order valence-electron chi connectivity index (χ3n) is 2.33. The molecule has 96 valence electrons. The molecule has 1 heterocycles. The molecule has 0 unspecified atom stereocenters. The fraction of sp³-hybridized carbons (Fsp3) is 0.182. The van der Waals surface area contributed by atoms with E-state index in [0.29, 0.717) is 10.6 Å². The molecule has 0 spiro atoms. The number of thiazole rings is 1. The van der Waals surface area contributed by atoms with Crippen LogP contribution < -0.4 is 0 Å². The van der Waals surface area contributed by atoms with E-state index in [1.807, 2.05) is 6.92 Å². The summed E-state index contributed by atoms with van der Waals surface area (Å²) in [4.78, 5) is 4.32. The predicted octanol–water partition coefficient (Wildman–Crippen LogP) is 3.22. The molecule has 7 heteroatoms. The Morgan fingerprint density at radius 3 is 2.67 bits per heavy atom. The van der Waals surface area contributed by atoms with E-state index in [4.69, 9.17) is 0 Å².